The number of benzene rings is 3. The van der Waals surface area contributed by atoms with Crippen LogP contribution in [0.2, 0.25) is 0 Å². The molecule has 2 heteroatoms. The molecule has 0 fully saturated rings. The number of phenols is 1. The highest BCUT2D eigenvalue weighted by Crippen LogP contribution is 2.26. The van der Waals surface area contributed by atoms with Crippen molar-refractivity contribution in [3.63, 3.8) is 0 Å². The predicted octanol–water partition coefficient (Wildman–Crippen LogP) is 4.72. The molecule has 0 radical (unpaired) electrons. The molecule has 2 nitrogen and oxygen atoms in total. The van der Waals surface area contributed by atoms with Gasteiger partial charge in [-0.05, 0) is 42.5 Å². The van der Waals surface area contributed by atoms with Gasteiger partial charge in [0.2, 0.25) is 0 Å². The summed E-state index contributed by atoms with van der Waals surface area (Å²) in [6.07, 6.45) is 1.74. The van der Waals surface area contributed by atoms with Gasteiger partial charge in [-0.25, -0.2) is 0 Å². The lowest BCUT2D eigenvalue weighted by atomic mass is 9.94. The first kappa shape index (κ1) is 16.0. The summed E-state index contributed by atoms with van der Waals surface area (Å²) >= 11 is 0. The van der Waals surface area contributed by atoms with Crippen molar-refractivity contribution < 1.29 is 9.90 Å². The third-order valence-corrected chi connectivity index (χ3v) is 4.18. The van der Waals surface area contributed by atoms with Gasteiger partial charge in [0.15, 0.2) is 5.78 Å². The lowest BCUT2D eigenvalue weighted by Gasteiger charge is -2.11. The monoisotopic (exact) mass is 316 g/mol. The molecule has 0 saturated carbocycles. The van der Waals surface area contributed by atoms with Gasteiger partial charge in [-0.3, -0.25) is 4.79 Å². The van der Waals surface area contributed by atoms with E-state index in [1.165, 1.54) is 5.56 Å². The van der Waals surface area contributed by atoms with E-state index in [2.05, 4.69) is 12.1 Å². The van der Waals surface area contributed by atoms with Crippen LogP contribution in [0.4, 0.5) is 0 Å². The summed E-state index contributed by atoms with van der Waals surface area (Å²) < 4.78 is 0. The summed E-state index contributed by atoms with van der Waals surface area (Å²) in [5, 5.41) is 10.4. The molecule has 0 aliphatic heterocycles. The smallest absolute Gasteiger partial charge is 0.197 e. The topological polar surface area (TPSA) is 37.3 Å². The average Bonchev–Trinajstić information content (AvgIpc) is 2.61. The van der Waals surface area contributed by atoms with Gasteiger partial charge in [0.25, 0.3) is 0 Å². The molecule has 3 aromatic rings. The highest BCUT2D eigenvalue weighted by atomic mass is 16.3. The lowest BCUT2D eigenvalue weighted by molar-refractivity contribution is 0.103. The molecule has 0 heterocycles. The molecule has 0 amide bonds. The zero-order valence-corrected chi connectivity index (χ0v) is 13.7. The summed E-state index contributed by atoms with van der Waals surface area (Å²) in [5.74, 6) is -0.0767. The fourth-order valence-corrected chi connectivity index (χ4v) is 2.95. The second-order valence-corrected chi connectivity index (χ2v) is 5.99. The standard InChI is InChI=1S/C22H20O2/c1-16-14-18(13-12-17-8-4-2-5-9-17)15-20(23)21(16)22(24)19-10-6-3-7-11-19/h2-11,14-15,23H,12-13H2,1H3. The maximum absolute atomic E-state index is 12.6. The normalized spacial score (nSPS) is 10.5. The molecule has 3 aromatic carbocycles. The Kier molecular flexibility index (Phi) is 4.76. The second-order valence-electron chi connectivity index (χ2n) is 5.99. The van der Waals surface area contributed by atoms with E-state index < -0.39 is 0 Å². The number of hydrogen-bond acceptors (Lipinski definition) is 2. The molecule has 0 unspecified atom stereocenters. The van der Waals surface area contributed by atoms with Gasteiger partial charge in [-0.15, -0.1) is 0 Å². The minimum atomic E-state index is -0.139. The molecule has 1 N–H and O–H groups in total. The third-order valence-electron chi connectivity index (χ3n) is 4.18. The van der Waals surface area contributed by atoms with Gasteiger partial charge in [-0.2, -0.15) is 0 Å². The number of aromatic hydroxyl groups is 1. The summed E-state index contributed by atoms with van der Waals surface area (Å²) in [6.45, 7) is 1.88. The van der Waals surface area contributed by atoms with E-state index in [1.807, 2.05) is 49.4 Å². The number of carbonyl (C=O) groups excluding carboxylic acids is 1. The molecule has 24 heavy (non-hydrogen) atoms. The van der Waals surface area contributed by atoms with Crippen LogP contribution in [0.25, 0.3) is 0 Å². The quantitative estimate of drug-likeness (QED) is 0.692. The number of aryl methyl sites for hydroxylation is 3. The Hall–Kier alpha value is -2.87. The zero-order valence-electron chi connectivity index (χ0n) is 13.7. The Morgan fingerprint density at radius 3 is 2.04 bits per heavy atom. The van der Waals surface area contributed by atoms with Crippen LogP contribution >= 0.6 is 0 Å². The molecule has 0 saturated heterocycles. The van der Waals surface area contributed by atoms with Gasteiger partial charge in [0.1, 0.15) is 5.75 Å². The first-order valence-corrected chi connectivity index (χ1v) is 8.11. The minimum absolute atomic E-state index is 0.0620. The van der Waals surface area contributed by atoms with Gasteiger partial charge in [0.05, 0.1) is 5.56 Å². The van der Waals surface area contributed by atoms with Crippen LogP contribution in [0, 0.1) is 6.92 Å². The van der Waals surface area contributed by atoms with Crippen LogP contribution < -0.4 is 0 Å². The van der Waals surface area contributed by atoms with Crippen LogP contribution in [-0.4, -0.2) is 10.9 Å². The van der Waals surface area contributed by atoms with Gasteiger partial charge in [0, 0.05) is 5.56 Å². The fourth-order valence-electron chi connectivity index (χ4n) is 2.95. The van der Waals surface area contributed by atoms with Crippen LogP contribution in [0.3, 0.4) is 0 Å². The molecule has 0 aromatic heterocycles. The molecule has 120 valence electrons. The van der Waals surface area contributed by atoms with Crippen LogP contribution in [0.1, 0.15) is 32.6 Å². The van der Waals surface area contributed by atoms with Crippen molar-refractivity contribution in [2.75, 3.05) is 0 Å². The number of hydrogen-bond donors (Lipinski definition) is 1. The summed E-state index contributed by atoms with van der Waals surface area (Å²) in [6, 6.07) is 23.0. The Balaban J connectivity index is 1.82. The van der Waals surface area contributed by atoms with Gasteiger partial charge >= 0.3 is 0 Å². The molecule has 0 aliphatic carbocycles. The Labute approximate surface area is 142 Å². The fraction of sp³-hybridized carbons (Fsp3) is 0.136. The van der Waals surface area contributed by atoms with E-state index in [9.17, 15) is 9.90 Å². The number of rotatable bonds is 5. The largest absolute Gasteiger partial charge is 0.507 e. The Morgan fingerprint density at radius 1 is 0.833 bits per heavy atom. The molecule has 0 atom stereocenters. The summed E-state index contributed by atoms with van der Waals surface area (Å²) in [5.41, 5.74) is 4.10. The maximum atomic E-state index is 12.6. The van der Waals surface area contributed by atoms with Crippen molar-refractivity contribution in [3.8, 4) is 5.75 Å². The van der Waals surface area contributed by atoms with Crippen molar-refractivity contribution in [1.29, 1.82) is 0 Å². The molecule has 3 rings (SSSR count). The van der Waals surface area contributed by atoms with Crippen LogP contribution in [-0.2, 0) is 12.8 Å². The van der Waals surface area contributed by atoms with Gasteiger partial charge in [-0.1, -0.05) is 66.7 Å². The maximum Gasteiger partial charge on any atom is 0.197 e. The highest BCUT2D eigenvalue weighted by Gasteiger charge is 2.17. The molecule has 0 bridgehead atoms. The first-order valence-electron chi connectivity index (χ1n) is 8.11. The van der Waals surface area contributed by atoms with Crippen molar-refractivity contribution in [2.24, 2.45) is 0 Å². The van der Waals surface area contributed by atoms with E-state index >= 15 is 0 Å². The van der Waals surface area contributed by atoms with Crippen molar-refractivity contribution in [3.05, 3.63) is 101 Å². The first-order chi connectivity index (χ1) is 11.6. The Bertz CT molecular complexity index is 813. The lowest BCUT2D eigenvalue weighted by Crippen LogP contribution is -2.05. The third kappa shape index (κ3) is 3.54. The SMILES string of the molecule is Cc1cc(CCc2ccccc2)cc(O)c1C(=O)c1ccccc1. The minimum Gasteiger partial charge on any atom is -0.507 e. The molecular weight excluding hydrogens is 296 g/mol. The van der Waals surface area contributed by atoms with Gasteiger partial charge < -0.3 is 5.11 Å². The summed E-state index contributed by atoms with van der Waals surface area (Å²) in [4.78, 5) is 12.6. The Morgan fingerprint density at radius 2 is 1.42 bits per heavy atom. The number of ketones is 1. The highest BCUT2D eigenvalue weighted by molar-refractivity contribution is 6.11. The average molecular weight is 316 g/mol. The van der Waals surface area contributed by atoms with Crippen molar-refractivity contribution in [1.82, 2.24) is 0 Å². The van der Waals surface area contributed by atoms with E-state index in [-0.39, 0.29) is 11.5 Å². The van der Waals surface area contributed by atoms with E-state index in [4.69, 9.17) is 0 Å². The van der Waals surface area contributed by atoms with Crippen molar-refractivity contribution in [2.45, 2.75) is 19.8 Å². The zero-order chi connectivity index (χ0) is 16.9. The second kappa shape index (κ2) is 7.14. The molecule has 0 spiro atoms. The molecular formula is C22H20O2. The van der Waals surface area contributed by atoms with E-state index in [0.717, 1.165) is 24.0 Å². The van der Waals surface area contributed by atoms with Crippen LogP contribution in [0.5, 0.6) is 5.75 Å². The molecule has 0 aliphatic rings. The summed E-state index contributed by atoms with van der Waals surface area (Å²) in [7, 11) is 0. The van der Waals surface area contributed by atoms with Crippen LogP contribution in [0.15, 0.2) is 72.8 Å². The van der Waals surface area contributed by atoms with Crippen molar-refractivity contribution >= 4 is 5.78 Å². The number of phenolic OH excluding ortho intramolecular Hbond substituents is 1. The predicted molar refractivity (Wildman–Crippen MR) is 96.6 cm³/mol. The number of carbonyl (C=O) groups is 1. The van der Waals surface area contributed by atoms with E-state index in [0.29, 0.717) is 11.1 Å². The van der Waals surface area contributed by atoms with E-state index in [1.54, 1.807) is 18.2 Å².